The molecule has 1 unspecified atom stereocenters. The number of imidazole rings is 1. The van der Waals surface area contributed by atoms with Crippen molar-refractivity contribution in [3.8, 4) is 5.75 Å². The zero-order valence-corrected chi connectivity index (χ0v) is 15.3. The Morgan fingerprint density at radius 1 is 1.16 bits per heavy atom. The monoisotopic (exact) mass is 355 g/mol. The fourth-order valence-electron chi connectivity index (χ4n) is 2.49. The quantitative estimate of drug-likeness (QED) is 0.646. The van der Waals surface area contributed by atoms with Gasteiger partial charge in [-0.05, 0) is 42.3 Å². The van der Waals surface area contributed by atoms with E-state index < -0.39 is 0 Å². The van der Waals surface area contributed by atoms with E-state index in [0.717, 1.165) is 27.6 Å². The first-order chi connectivity index (χ1) is 12.1. The molecule has 0 fully saturated rings. The first-order valence-electron chi connectivity index (χ1n) is 8.13. The van der Waals surface area contributed by atoms with Crippen LogP contribution in [0.1, 0.15) is 13.8 Å². The molecule has 1 amide bonds. The molecule has 1 atom stereocenters. The van der Waals surface area contributed by atoms with Gasteiger partial charge in [0.1, 0.15) is 5.75 Å². The van der Waals surface area contributed by atoms with Crippen molar-refractivity contribution in [3.63, 3.8) is 0 Å². The van der Waals surface area contributed by atoms with Gasteiger partial charge in [-0.2, -0.15) is 0 Å². The molecule has 6 heteroatoms. The number of methoxy groups -OCH3 is 1. The van der Waals surface area contributed by atoms with E-state index in [1.54, 1.807) is 7.11 Å². The molecule has 1 heterocycles. The van der Waals surface area contributed by atoms with Gasteiger partial charge in [-0.1, -0.05) is 37.7 Å². The van der Waals surface area contributed by atoms with Crippen LogP contribution in [-0.4, -0.2) is 28.2 Å². The molecule has 0 saturated heterocycles. The Morgan fingerprint density at radius 3 is 2.52 bits per heavy atom. The first kappa shape index (κ1) is 17.4. The van der Waals surface area contributed by atoms with Gasteiger partial charge in [0, 0.05) is 5.69 Å². The summed E-state index contributed by atoms with van der Waals surface area (Å²) in [5.41, 5.74) is 2.63. The van der Waals surface area contributed by atoms with E-state index in [0.29, 0.717) is 0 Å². The standard InChI is InChI=1S/C19H21N3O2S/c1-12(2)17(18(23)20-13-8-10-14(24-3)11-9-13)25-19-21-15-6-4-5-7-16(15)22-19/h4-12,17H,1-3H3,(H,20,23)(H,21,22). The number of nitrogens with zero attached hydrogens (tertiary/aromatic N) is 1. The molecule has 1 aromatic heterocycles. The molecule has 3 rings (SSSR count). The highest BCUT2D eigenvalue weighted by molar-refractivity contribution is 8.00. The number of carbonyl (C=O) groups excluding carboxylic acids is 1. The van der Waals surface area contributed by atoms with Gasteiger partial charge in [0.25, 0.3) is 0 Å². The van der Waals surface area contributed by atoms with Crippen LogP contribution in [-0.2, 0) is 4.79 Å². The molecule has 130 valence electrons. The Morgan fingerprint density at radius 2 is 1.88 bits per heavy atom. The average molecular weight is 355 g/mol. The lowest BCUT2D eigenvalue weighted by atomic mass is 10.1. The molecule has 0 aliphatic rings. The van der Waals surface area contributed by atoms with Crippen LogP contribution in [0.2, 0.25) is 0 Å². The third kappa shape index (κ3) is 4.14. The summed E-state index contributed by atoms with van der Waals surface area (Å²) in [6.07, 6.45) is 0. The SMILES string of the molecule is COc1ccc(NC(=O)C(Sc2nc3ccccc3[nH]2)C(C)C)cc1. The molecule has 0 aliphatic carbocycles. The van der Waals surface area contributed by atoms with E-state index in [-0.39, 0.29) is 17.1 Å². The van der Waals surface area contributed by atoms with Crippen LogP contribution in [0.25, 0.3) is 11.0 Å². The van der Waals surface area contributed by atoms with Gasteiger partial charge in [0.05, 0.1) is 23.4 Å². The Labute approximate surface area is 151 Å². The summed E-state index contributed by atoms with van der Waals surface area (Å²) in [6.45, 7) is 4.07. The van der Waals surface area contributed by atoms with Crippen LogP contribution < -0.4 is 10.1 Å². The number of benzene rings is 2. The minimum Gasteiger partial charge on any atom is -0.497 e. The summed E-state index contributed by atoms with van der Waals surface area (Å²) in [7, 11) is 1.62. The highest BCUT2D eigenvalue weighted by Crippen LogP contribution is 2.29. The van der Waals surface area contributed by atoms with E-state index in [9.17, 15) is 4.79 Å². The summed E-state index contributed by atoms with van der Waals surface area (Å²) in [6, 6.07) is 15.2. The van der Waals surface area contributed by atoms with Crippen molar-refractivity contribution in [2.45, 2.75) is 24.3 Å². The van der Waals surface area contributed by atoms with Crippen molar-refractivity contribution in [2.75, 3.05) is 12.4 Å². The summed E-state index contributed by atoms with van der Waals surface area (Å²) in [5, 5.41) is 3.48. The largest absolute Gasteiger partial charge is 0.497 e. The lowest BCUT2D eigenvalue weighted by Gasteiger charge is -2.18. The van der Waals surface area contributed by atoms with E-state index in [4.69, 9.17) is 4.74 Å². The van der Waals surface area contributed by atoms with E-state index >= 15 is 0 Å². The number of para-hydroxylation sites is 2. The number of fused-ring (bicyclic) bond motifs is 1. The fraction of sp³-hybridized carbons (Fsp3) is 0.263. The fourth-order valence-corrected chi connectivity index (χ4v) is 3.48. The third-order valence-corrected chi connectivity index (χ3v) is 5.26. The first-order valence-corrected chi connectivity index (χ1v) is 9.01. The minimum absolute atomic E-state index is 0.0365. The van der Waals surface area contributed by atoms with Crippen molar-refractivity contribution in [3.05, 3.63) is 48.5 Å². The zero-order chi connectivity index (χ0) is 17.8. The molecule has 0 spiro atoms. The number of H-pyrrole nitrogens is 1. The highest BCUT2D eigenvalue weighted by Gasteiger charge is 2.25. The predicted octanol–water partition coefficient (Wildman–Crippen LogP) is 4.33. The molecule has 0 saturated carbocycles. The van der Waals surface area contributed by atoms with Crippen LogP contribution in [0.4, 0.5) is 5.69 Å². The summed E-state index contributed by atoms with van der Waals surface area (Å²) < 4.78 is 5.14. The molecule has 2 N–H and O–H groups in total. The normalized spacial score (nSPS) is 12.3. The number of aromatic amines is 1. The van der Waals surface area contributed by atoms with E-state index in [2.05, 4.69) is 15.3 Å². The number of rotatable bonds is 6. The topological polar surface area (TPSA) is 67.0 Å². The number of thioether (sulfide) groups is 1. The van der Waals surface area contributed by atoms with E-state index in [1.807, 2.05) is 62.4 Å². The van der Waals surface area contributed by atoms with Gasteiger partial charge >= 0.3 is 0 Å². The molecule has 25 heavy (non-hydrogen) atoms. The molecule has 0 radical (unpaired) electrons. The second kappa shape index (κ2) is 7.61. The molecule has 5 nitrogen and oxygen atoms in total. The van der Waals surface area contributed by atoms with Gasteiger partial charge in [0.2, 0.25) is 5.91 Å². The van der Waals surface area contributed by atoms with Crippen molar-refractivity contribution in [1.82, 2.24) is 9.97 Å². The van der Waals surface area contributed by atoms with Crippen molar-refractivity contribution in [1.29, 1.82) is 0 Å². The molecule has 0 bridgehead atoms. The number of aromatic nitrogens is 2. The predicted molar refractivity (Wildman–Crippen MR) is 102 cm³/mol. The van der Waals surface area contributed by atoms with Crippen LogP contribution in [0.15, 0.2) is 53.7 Å². The maximum atomic E-state index is 12.7. The van der Waals surface area contributed by atoms with Crippen LogP contribution >= 0.6 is 11.8 Å². The average Bonchev–Trinajstić information content (AvgIpc) is 3.02. The Bertz CT molecular complexity index is 825. The van der Waals surface area contributed by atoms with Gasteiger partial charge in [0.15, 0.2) is 5.16 Å². The van der Waals surface area contributed by atoms with Crippen LogP contribution in [0.3, 0.4) is 0 Å². The van der Waals surface area contributed by atoms with Crippen molar-refractivity contribution >= 4 is 34.4 Å². The Hall–Kier alpha value is -2.47. The Kier molecular flexibility index (Phi) is 5.28. The smallest absolute Gasteiger partial charge is 0.238 e. The third-order valence-electron chi connectivity index (χ3n) is 3.83. The highest BCUT2D eigenvalue weighted by atomic mass is 32.2. The summed E-state index contributed by atoms with van der Waals surface area (Å²) in [4.78, 5) is 20.6. The number of anilines is 1. The summed E-state index contributed by atoms with van der Waals surface area (Å²) >= 11 is 1.45. The minimum atomic E-state index is -0.248. The molecular formula is C19H21N3O2S. The number of hydrogen-bond donors (Lipinski definition) is 2. The van der Waals surface area contributed by atoms with Crippen molar-refractivity contribution < 1.29 is 9.53 Å². The van der Waals surface area contributed by atoms with Crippen LogP contribution in [0, 0.1) is 5.92 Å². The van der Waals surface area contributed by atoms with Gasteiger partial charge in [-0.25, -0.2) is 4.98 Å². The second-order valence-corrected chi connectivity index (χ2v) is 7.19. The molecule has 0 aliphatic heterocycles. The molecular weight excluding hydrogens is 334 g/mol. The number of amides is 1. The van der Waals surface area contributed by atoms with Gasteiger partial charge in [-0.3, -0.25) is 4.79 Å². The lowest BCUT2D eigenvalue weighted by Crippen LogP contribution is -2.29. The van der Waals surface area contributed by atoms with Crippen LogP contribution in [0.5, 0.6) is 5.75 Å². The second-order valence-electron chi connectivity index (χ2n) is 6.06. The number of ether oxygens (including phenoxy) is 1. The van der Waals surface area contributed by atoms with E-state index in [1.165, 1.54) is 11.8 Å². The molecule has 2 aromatic carbocycles. The number of carbonyl (C=O) groups is 1. The number of hydrogen-bond acceptors (Lipinski definition) is 4. The summed E-state index contributed by atoms with van der Waals surface area (Å²) in [5.74, 6) is 0.886. The van der Waals surface area contributed by atoms with Crippen molar-refractivity contribution in [2.24, 2.45) is 5.92 Å². The number of nitrogens with one attached hydrogen (secondary N) is 2. The zero-order valence-electron chi connectivity index (χ0n) is 14.4. The molecule has 3 aromatic rings. The van der Waals surface area contributed by atoms with Gasteiger partial charge < -0.3 is 15.0 Å². The van der Waals surface area contributed by atoms with Gasteiger partial charge in [-0.15, -0.1) is 0 Å². The maximum absolute atomic E-state index is 12.7. The maximum Gasteiger partial charge on any atom is 0.238 e. The lowest BCUT2D eigenvalue weighted by molar-refractivity contribution is -0.116. The Balaban J connectivity index is 1.74.